The van der Waals surface area contributed by atoms with E-state index in [1.165, 1.54) is 23.7 Å². The summed E-state index contributed by atoms with van der Waals surface area (Å²) in [4.78, 5) is 0. The molecule has 3 aliphatic rings. The van der Waals surface area contributed by atoms with Crippen LogP contribution in [0.15, 0.2) is 0 Å². The molecule has 0 radical (unpaired) electrons. The Kier molecular flexibility index (Phi) is 0.482. The molecule has 0 saturated heterocycles. The quantitative estimate of drug-likeness (QED) is 0.445. The minimum absolute atomic E-state index is 1.24. The zero-order valence-electron chi connectivity index (χ0n) is 5.14. The predicted octanol–water partition coefficient (Wildman–Crippen LogP) is 2.05. The average molecular weight is 108 g/mol. The molecule has 0 bridgehead atoms. The number of rotatable bonds is 0. The second-order valence-electron chi connectivity index (χ2n) is 3.82. The summed E-state index contributed by atoms with van der Waals surface area (Å²) in [6, 6.07) is 0. The highest BCUT2D eigenvalue weighted by molar-refractivity contribution is 5.10. The maximum Gasteiger partial charge on any atom is -0.0349 e. The minimum atomic E-state index is 1.24. The summed E-state index contributed by atoms with van der Waals surface area (Å²) in [5.74, 6) is 4.98. The van der Waals surface area contributed by atoms with Crippen LogP contribution in [0.5, 0.6) is 0 Å². The van der Waals surface area contributed by atoms with Crippen LogP contribution >= 0.6 is 0 Å². The third kappa shape index (κ3) is 0.260. The minimum Gasteiger partial charge on any atom is -0.0527 e. The maximum atomic E-state index is 1.62. The van der Waals surface area contributed by atoms with Crippen molar-refractivity contribution in [1.29, 1.82) is 0 Å². The Labute approximate surface area is 50.3 Å². The number of hydrogen-bond acceptors (Lipinski definition) is 0. The summed E-state index contributed by atoms with van der Waals surface area (Å²) in [7, 11) is 0. The Morgan fingerprint density at radius 3 is 2.00 bits per heavy atom. The van der Waals surface area contributed by atoms with Crippen LogP contribution in [0.2, 0.25) is 0 Å². The molecule has 0 aromatic heterocycles. The van der Waals surface area contributed by atoms with Crippen LogP contribution in [0.1, 0.15) is 25.7 Å². The van der Waals surface area contributed by atoms with E-state index in [1.807, 2.05) is 0 Å². The molecule has 2 unspecified atom stereocenters. The molecule has 3 rings (SSSR count). The molecule has 3 fully saturated rings. The van der Waals surface area contributed by atoms with E-state index in [9.17, 15) is 0 Å². The van der Waals surface area contributed by atoms with Gasteiger partial charge in [-0.05, 0) is 42.9 Å². The molecular weight excluding hydrogens is 96.1 g/mol. The lowest BCUT2D eigenvalue weighted by Crippen LogP contribution is -2.23. The van der Waals surface area contributed by atoms with Crippen LogP contribution in [0.3, 0.4) is 0 Å². The van der Waals surface area contributed by atoms with Crippen LogP contribution in [-0.2, 0) is 0 Å². The summed E-state index contributed by atoms with van der Waals surface area (Å²) in [5, 5.41) is 0. The molecule has 0 aromatic rings. The monoisotopic (exact) mass is 108 g/mol. The van der Waals surface area contributed by atoms with Crippen LogP contribution in [0.25, 0.3) is 0 Å². The van der Waals surface area contributed by atoms with Gasteiger partial charge in [-0.3, -0.25) is 0 Å². The van der Waals surface area contributed by atoms with Gasteiger partial charge in [-0.1, -0.05) is 6.42 Å². The van der Waals surface area contributed by atoms with Crippen molar-refractivity contribution >= 4 is 0 Å². The van der Waals surface area contributed by atoms with Crippen molar-refractivity contribution in [2.75, 3.05) is 0 Å². The normalized spacial score (nSPS) is 66.0. The van der Waals surface area contributed by atoms with Crippen molar-refractivity contribution in [3.8, 4) is 0 Å². The van der Waals surface area contributed by atoms with Crippen molar-refractivity contribution in [2.24, 2.45) is 23.7 Å². The van der Waals surface area contributed by atoms with Crippen molar-refractivity contribution in [2.45, 2.75) is 25.7 Å². The zero-order chi connectivity index (χ0) is 5.14. The van der Waals surface area contributed by atoms with Gasteiger partial charge in [-0.25, -0.2) is 0 Å². The molecule has 0 amide bonds. The second-order valence-corrected chi connectivity index (χ2v) is 3.82. The predicted molar refractivity (Wildman–Crippen MR) is 32.4 cm³/mol. The lowest BCUT2D eigenvalue weighted by Gasteiger charge is -2.28. The Hall–Kier alpha value is 0. The van der Waals surface area contributed by atoms with Crippen LogP contribution < -0.4 is 0 Å². The van der Waals surface area contributed by atoms with E-state index in [2.05, 4.69) is 0 Å². The lowest BCUT2D eigenvalue weighted by atomic mass is 9.77. The van der Waals surface area contributed by atoms with Gasteiger partial charge in [0.05, 0.1) is 0 Å². The van der Waals surface area contributed by atoms with Gasteiger partial charge in [0.1, 0.15) is 0 Å². The van der Waals surface area contributed by atoms with Crippen LogP contribution in [-0.4, -0.2) is 0 Å². The third-order valence-corrected chi connectivity index (χ3v) is 3.62. The lowest BCUT2D eigenvalue weighted by molar-refractivity contribution is 0.195. The second kappa shape index (κ2) is 0.984. The van der Waals surface area contributed by atoms with Crippen molar-refractivity contribution in [3.05, 3.63) is 0 Å². The third-order valence-electron chi connectivity index (χ3n) is 3.62. The molecular formula is C8H12. The van der Waals surface area contributed by atoms with E-state index in [4.69, 9.17) is 0 Å². The first kappa shape index (κ1) is 3.92. The first-order chi connectivity index (χ1) is 3.97. The van der Waals surface area contributed by atoms with E-state index in [0.717, 1.165) is 0 Å². The highest BCUT2D eigenvalue weighted by Gasteiger charge is 2.61. The maximum absolute atomic E-state index is 1.62. The first-order valence-corrected chi connectivity index (χ1v) is 3.97. The molecule has 0 spiro atoms. The Morgan fingerprint density at radius 1 is 0.750 bits per heavy atom. The summed E-state index contributed by atoms with van der Waals surface area (Å²) in [6.07, 6.45) is 6.36. The fourth-order valence-corrected chi connectivity index (χ4v) is 3.16. The van der Waals surface area contributed by atoms with Gasteiger partial charge in [-0.2, -0.15) is 0 Å². The van der Waals surface area contributed by atoms with Crippen molar-refractivity contribution in [1.82, 2.24) is 0 Å². The van der Waals surface area contributed by atoms with E-state index in [1.54, 1.807) is 25.7 Å². The largest absolute Gasteiger partial charge is 0.0527 e. The first-order valence-electron chi connectivity index (χ1n) is 3.97. The summed E-state index contributed by atoms with van der Waals surface area (Å²) in [6.45, 7) is 0. The fourth-order valence-electron chi connectivity index (χ4n) is 3.16. The van der Waals surface area contributed by atoms with Crippen molar-refractivity contribution in [3.63, 3.8) is 0 Å². The topological polar surface area (TPSA) is 0 Å². The molecule has 0 N–H and O–H groups in total. The van der Waals surface area contributed by atoms with Gasteiger partial charge < -0.3 is 0 Å². The smallest absolute Gasteiger partial charge is 0.0349 e. The SMILES string of the molecule is C1C[C@@H]2C3CC3[C@@H]2C1. The van der Waals surface area contributed by atoms with E-state index < -0.39 is 0 Å². The molecule has 3 aliphatic carbocycles. The molecule has 3 saturated carbocycles. The van der Waals surface area contributed by atoms with E-state index >= 15 is 0 Å². The molecule has 8 heavy (non-hydrogen) atoms. The Bertz CT molecular complexity index is 114. The molecule has 0 aromatic carbocycles. The summed E-state index contributed by atoms with van der Waals surface area (Å²) in [5.41, 5.74) is 0. The Balaban J connectivity index is 1.92. The van der Waals surface area contributed by atoms with Gasteiger partial charge in [-0.15, -0.1) is 0 Å². The zero-order valence-corrected chi connectivity index (χ0v) is 5.14. The van der Waals surface area contributed by atoms with E-state index in [0.29, 0.717) is 0 Å². The number of hydrogen-bond donors (Lipinski definition) is 0. The van der Waals surface area contributed by atoms with Gasteiger partial charge in [0.2, 0.25) is 0 Å². The van der Waals surface area contributed by atoms with E-state index in [-0.39, 0.29) is 0 Å². The highest BCUT2D eigenvalue weighted by Crippen LogP contribution is 2.69. The molecule has 0 heteroatoms. The van der Waals surface area contributed by atoms with Crippen LogP contribution in [0, 0.1) is 23.7 Å². The standard InChI is InChI=1S/C8H12/c1-2-5-6(3-1)8-4-7(5)8/h5-8H,1-4H2/t5-,6+,7?,8?. The van der Waals surface area contributed by atoms with Gasteiger partial charge in [0.25, 0.3) is 0 Å². The van der Waals surface area contributed by atoms with Gasteiger partial charge in [0, 0.05) is 0 Å². The molecule has 0 nitrogen and oxygen atoms in total. The van der Waals surface area contributed by atoms with Crippen LogP contribution in [0.4, 0.5) is 0 Å². The summed E-state index contributed by atoms with van der Waals surface area (Å²) >= 11 is 0. The van der Waals surface area contributed by atoms with Gasteiger partial charge >= 0.3 is 0 Å². The highest BCUT2D eigenvalue weighted by atomic mass is 14.7. The summed E-state index contributed by atoms with van der Waals surface area (Å²) < 4.78 is 0. The molecule has 0 aliphatic heterocycles. The van der Waals surface area contributed by atoms with Crippen molar-refractivity contribution < 1.29 is 0 Å². The molecule has 0 heterocycles. The Morgan fingerprint density at radius 2 is 1.38 bits per heavy atom. The molecule has 4 atom stereocenters. The number of fused-ring (bicyclic) bond motifs is 4. The molecule has 44 valence electrons. The average Bonchev–Trinajstić information content (AvgIpc) is 2.34. The van der Waals surface area contributed by atoms with Gasteiger partial charge in [0.15, 0.2) is 0 Å². The fraction of sp³-hybridized carbons (Fsp3) is 1.00.